The molecule has 1 aromatic heterocycles. The quantitative estimate of drug-likeness (QED) is 0.572. The van der Waals surface area contributed by atoms with Crippen molar-refractivity contribution in [2.75, 3.05) is 47.2 Å². The zero-order valence-electron chi connectivity index (χ0n) is 17.1. The Morgan fingerprint density at radius 2 is 1.52 bits per heavy atom. The summed E-state index contributed by atoms with van der Waals surface area (Å²) in [5, 5.41) is 8.67. The summed E-state index contributed by atoms with van der Waals surface area (Å²) < 4.78 is 18.4. The second-order valence-corrected chi connectivity index (χ2v) is 7.05. The highest BCUT2D eigenvalue weighted by molar-refractivity contribution is 5.99. The van der Waals surface area contributed by atoms with E-state index < -0.39 is 6.03 Å². The third kappa shape index (κ3) is 5.67. The Labute approximate surface area is 179 Å². The SMILES string of the molecule is Cc1nc(Nc2ccc(NC(=O)Nc3ccc(F)cc3)cc2)cc(N2CCOCC2)n1. The average Bonchev–Trinajstić information content (AvgIpc) is 2.77. The molecule has 1 saturated heterocycles. The monoisotopic (exact) mass is 422 g/mol. The summed E-state index contributed by atoms with van der Waals surface area (Å²) in [5.74, 6) is 1.89. The fourth-order valence-corrected chi connectivity index (χ4v) is 3.18. The van der Waals surface area contributed by atoms with E-state index in [0.717, 1.165) is 24.6 Å². The average molecular weight is 422 g/mol. The van der Waals surface area contributed by atoms with Crippen LogP contribution in [0.5, 0.6) is 0 Å². The molecule has 0 aliphatic carbocycles. The van der Waals surface area contributed by atoms with Gasteiger partial charge in [0.2, 0.25) is 0 Å². The number of aromatic nitrogens is 2. The van der Waals surface area contributed by atoms with Crippen LogP contribution in [0.15, 0.2) is 54.6 Å². The highest BCUT2D eigenvalue weighted by Gasteiger charge is 2.14. The molecular formula is C22H23FN6O2. The van der Waals surface area contributed by atoms with E-state index in [1.807, 2.05) is 25.1 Å². The highest BCUT2D eigenvalue weighted by Crippen LogP contribution is 2.22. The largest absolute Gasteiger partial charge is 0.378 e. The minimum absolute atomic E-state index is 0.356. The Morgan fingerprint density at radius 1 is 0.935 bits per heavy atom. The molecule has 8 nitrogen and oxygen atoms in total. The van der Waals surface area contributed by atoms with E-state index in [1.165, 1.54) is 24.3 Å². The molecule has 3 N–H and O–H groups in total. The number of halogens is 1. The van der Waals surface area contributed by atoms with E-state index >= 15 is 0 Å². The van der Waals surface area contributed by atoms with Crippen LogP contribution in [0.25, 0.3) is 0 Å². The number of benzene rings is 2. The van der Waals surface area contributed by atoms with Crippen LogP contribution in [0.2, 0.25) is 0 Å². The second kappa shape index (κ2) is 9.40. The van der Waals surface area contributed by atoms with Gasteiger partial charge in [-0.1, -0.05) is 0 Å². The Balaban J connectivity index is 1.37. The number of urea groups is 1. The van der Waals surface area contributed by atoms with Crippen LogP contribution in [-0.2, 0) is 4.74 Å². The van der Waals surface area contributed by atoms with Crippen molar-refractivity contribution in [2.45, 2.75) is 6.92 Å². The maximum atomic E-state index is 13.0. The Kier molecular flexibility index (Phi) is 6.23. The van der Waals surface area contributed by atoms with Crippen molar-refractivity contribution in [1.82, 2.24) is 9.97 Å². The number of anilines is 5. The summed E-state index contributed by atoms with van der Waals surface area (Å²) in [6.07, 6.45) is 0. The van der Waals surface area contributed by atoms with Gasteiger partial charge >= 0.3 is 6.03 Å². The number of carbonyl (C=O) groups is 1. The molecule has 9 heteroatoms. The molecule has 0 unspecified atom stereocenters. The molecule has 1 aliphatic rings. The lowest BCUT2D eigenvalue weighted by Crippen LogP contribution is -2.36. The van der Waals surface area contributed by atoms with Crippen molar-refractivity contribution >= 4 is 34.7 Å². The number of aryl methyl sites for hydroxylation is 1. The summed E-state index contributed by atoms with van der Waals surface area (Å²) in [7, 11) is 0. The molecule has 0 radical (unpaired) electrons. The van der Waals surface area contributed by atoms with E-state index in [1.54, 1.807) is 12.1 Å². The molecule has 0 spiro atoms. The zero-order chi connectivity index (χ0) is 21.6. The number of hydrogen-bond donors (Lipinski definition) is 3. The number of nitrogens with zero attached hydrogens (tertiary/aromatic N) is 3. The molecule has 4 rings (SSSR count). The van der Waals surface area contributed by atoms with Crippen molar-refractivity contribution in [2.24, 2.45) is 0 Å². The standard InChI is InChI=1S/C22H23FN6O2/c1-15-24-20(14-21(25-15)29-10-12-31-13-11-29)26-17-6-8-19(9-7-17)28-22(30)27-18-4-2-16(23)3-5-18/h2-9,14H,10-13H2,1H3,(H,24,25,26)(H2,27,28,30). The maximum Gasteiger partial charge on any atom is 0.323 e. The number of ether oxygens (including phenoxy) is 1. The van der Waals surface area contributed by atoms with Crippen LogP contribution in [0.4, 0.5) is 37.9 Å². The first-order chi connectivity index (χ1) is 15.0. The molecule has 2 amide bonds. The first kappa shape index (κ1) is 20.5. The van der Waals surface area contributed by atoms with Crippen molar-refractivity contribution in [3.05, 3.63) is 66.2 Å². The molecule has 31 heavy (non-hydrogen) atoms. The van der Waals surface area contributed by atoms with Crippen molar-refractivity contribution in [1.29, 1.82) is 0 Å². The smallest absolute Gasteiger partial charge is 0.323 e. The van der Waals surface area contributed by atoms with Crippen LogP contribution < -0.4 is 20.9 Å². The molecule has 3 aromatic rings. The zero-order valence-corrected chi connectivity index (χ0v) is 17.1. The van der Waals surface area contributed by atoms with Gasteiger partial charge in [-0.05, 0) is 55.5 Å². The molecule has 2 heterocycles. The highest BCUT2D eigenvalue weighted by atomic mass is 19.1. The number of nitrogens with one attached hydrogen (secondary N) is 3. The lowest BCUT2D eigenvalue weighted by molar-refractivity contribution is 0.122. The van der Waals surface area contributed by atoms with E-state index in [-0.39, 0.29) is 5.82 Å². The van der Waals surface area contributed by atoms with Crippen LogP contribution in [0.3, 0.4) is 0 Å². The van der Waals surface area contributed by atoms with Crippen LogP contribution in [-0.4, -0.2) is 42.3 Å². The van der Waals surface area contributed by atoms with Gasteiger partial charge in [0.1, 0.15) is 23.3 Å². The molecule has 160 valence electrons. The predicted molar refractivity (Wildman–Crippen MR) is 119 cm³/mol. The van der Waals surface area contributed by atoms with Gasteiger partial charge in [0.15, 0.2) is 0 Å². The van der Waals surface area contributed by atoms with Crippen molar-refractivity contribution < 1.29 is 13.9 Å². The molecule has 2 aromatic carbocycles. The van der Waals surface area contributed by atoms with E-state index in [4.69, 9.17) is 4.74 Å². The van der Waals surface area contributed by atoms with Gasteiger partial charge in [0, 0.05) is 36.2 Å². The van der Waals surface area contributed by atoms with Gasteiger partial charge in [-0.2, -0.15) is 0 Å². The summed E-state index contributed by atoms with van der Waals surface area (Å²) in [5.41, 5.74) is 1.96. The van der Waals surface area contributed by atoms with E-state index in [9.17, 15) is 9.18 Å². The Morgan fingerprint density at radius 3 is 2.16 bits per heavy atom. The van der Waals surface area contributed by atoms with Crippen molar-refractivity contribution in [3.63, 3.8) is 0 Å². The Bertz CT molecular complexity index is 1040. The summed E-state index contributed by atoms with van der Waals surface area (Å²) in [4.78, 5) is 23.3. The molecule has 1 fully saturated rings. The van der Waals surface area contributed by atoms with Crippen LogP contribution >= 0.6 is 0 Å². The van der Waals surface area contributed by atoms with Gasteiger partial charge in [-0.3, -0.25) is 0 Å². The Hall–Kier alpha value is -3.72. The minimum Gasteiger partial charge on any atom is -0.378 e. The third-order valence-corrected chi connectivity index (χ3v) is 4.68. The van der Waals surface area contributed by atoms with E-state index in [2.05, 4.69) is 30.8 Å². The predicted octanol–water partition coefficient (Wildman–Crippen LogP) is 4.15. The number of carbonyl (C=O) groups excluding carboxylic acids is 1. The minimum atomic E-state index is -0.408. The van der Waals surface area contributed by atoms with E-state index in [0.29, 0.717) is 36.2 Å². The summed E-state index contributed by atoms with van der Waals surface area (Å²) in [6.45, 7) is 4.85. The lowest BCUT2D eigenvalue weighted by Gasteiger charge is -2.28. The number of morpholine rings is 1. The first-order valence-electron chi connectivity index (χ1n) is 9.94. The molecular weight excluding hydrogens is 399 g/mol. The summed E-state index contributed by atoms with van der Waals surface area (Å²) in [6, 6.07) is 14.3. The fourth-order valence-electron chi connectivity index (χ4n) is 3.18. The number of amides is 2. The van der Waals surface area contributed by atoms with Gasteiger partial charge in [-0.15, -0.1) is 0 Å². The second-order valence-electron chi connectivity index (χ2n) is 7.05. The first-order valence-corrected chi connectivity index (χ1v) is 9.94. The lowest BCUT2D eigenvalue weighted by atomic mass is 10.2. The van der Waals surface area contributed by atoms with Gasteiger partial charge in [-0.25, -0.2) is 19.2 Å². The molecule has 0 atom stereocenters. The summed E-state index contributed by atoms with van der Waals surface area (Å²) >= 11 is 0. The third-order valence-electron chi connectivity index (χ3n) is 4.68. The van der Waals surface area contributed by atoms with Gasteiger partial charge < -0.3 is 25.6 Å². The van der Waals surface area contributed by atoms with Crippen LogP contribution in [0.1, 0.15) is 5.82 Å². The number of rotatable bonds is 5. The van der Waals surface area contributed by atoms with Crippen molar-refractivity contribution in [3.8, 4) is 0 Å². The maximum absolute atomic E-state index is 13.0. The number of hydrogen-bond acceptors (Lipinski definition) is 6. The van der Waals surface area contributed by atoms with Crippen LogP contribution in [0, 0.1) is 12.7 Å². The normalized spacial score (nSPS) is 13.5. The van der Waals surface area contributed by atoms with Gasteiger partial charge in [0.25, 0.3) is 0 Å². The molecule has 0 saturated carbocycles. The van der Waals surface area contributed by atoms with Gasteiger partial charge in [0.05, 0.1) is 13.2 Å². The topological polar surface area (TPSA) is 91.4 Å². The molecule has 0 bridgehead atoms. The fraction of sp³-hybridized carbons (Fsp3) is 0.227. The molecule has 1 aliphatic heterocycles.